The number of nitrogens with zero attached hydrogens (tertiary/aromatic N) is 2. The first-order valence-corrected chi connectivity index (χ1v) is 6.70. The minimum absolute atomic E-state index is 0.415. The number of fused-ring (bicyclic) bond motifs is 1. The average molecular weight is 249 g/mol. The topological polar surface area (TPSA) is 33.6 Å². The number of pyridine rings is 1. The van der Waals surface area contributed by atoms with Gasteiger partial charge in [0.15, 0.2) is 10.4 Å². The van der Waals surface area contributed by atoms with Crippen molar-refractivity contribution in [3.8, 4) is 0 Å². The number of nitrogens with one attached hydrogen (secondary N) is 1. The number of rotatable bonds is 5. The number of hydrogen-bond donors (Lipinski definition) is 1. The Morgan fingerprint density at radius 2 is 2.29 bits per heavy atom. The average Bonchev–Trinajstić information content (AvgIpc) is 2.65. The molecule has 4 heteroatoms. The molecule has 0 spiro atoms. The van der Waals surface area contributed by atoms with Crippen LogP contribution in [0.4, 0.5) is 0 Å². The molecule has 0 saturated heterocycles. The predicted octanol–water partition coefficient (Wildman–Crippen LogP) is 4.24. The van der Waals surface area contributed by atoms with Crippen molar-refractivity contribution in [3.05, 3.63) is 23.1 Å². The van der Waals surface area contributed by atoms with Crippen LogP contribution in [0.15, 0.2) is 18.3 Å². The van der Waals surface area contributed by atoms with Crippen LogP contribution in [0.5, 0.6) is 0 Å². The summed E-state index contributed by atoms with van der Waals surface area (Å²) < 4.78 is 2.92. The fourth-order valence-electron chi connectivity index (χ4n) is 2.19. The van der Waals surface area contributed by atoms with Crippen LogP contribution in [0, 0.1) is 4.77 Å². The molecule has 2 aromatic rings. The molecule has 0 aromatic carbocycles. The van der Waals surface area contributed by atoms with E-state index < -0.39 is 0 Å². The van der Waals surface area contributed by atoms with E-state index in [1.807, 2.05) is 18.3 Å². The van der Waals surface area contributed by atoms with Gasteiger partial charge >= 0.3 is 0 Å². The number of aromatic amines is 1. The van der Waals surface area contributed by atoms with Gasteiger partial charge in [-0.3, -0.25) is 4.57 Å². The minimum atomic E-state index is 0.415. The summed E-state index contributed by atoms with van der Waals surface area (Å²) in [7, 11) is 0. The summed E-state index contributed by atoms with van der Waals surface area (Å²) in [4.78, 5) is 7.63. The van der Waals surface area contributed by atoms with Gasteiger partial charge in [-0.25, -0.2) is 4.98 Å². The van der Waals surface area contributed by atoms with Gasteiger partial charge < -0.3 is 4.98 Å². The van der Waals surface area contributed by atoms with Gasteiger partial charge in [0.1, 0.15) is 0 Å². The van der Waals surface area contributed by atoms with Crippen LogP contribution in [-0.4, -0.2) is 14.5 Å². The molecular weight excluding hydrogens is 230 g/mol. The van der Waals surface area contributed by atoms with E-state index in [1.54, 1.807) is 0 Å². The fraction of sp³-hybridized carbons (Fsp3) is 0.538. The quantitative estimate of drug-likeness (QED) is 0.635. The van der Waals surface area contributed by atoms with Crippen molar-refractivity contribution in [3.63, 3.8) is 0 Å². The molecule has 2 rings (SSSR count). The molecule has 1 N–H and O–H groups in total. The zero-order valence-electron chi connectivity index (χ0n) is 10.4. The number of aromatic nitrogens is 3. The summed E-state index contributed by atoms with van der Waals surface area (Å²) in [6.45, 7) is 4.44. The minimum Gasteiger partial charge on any atom is -0.329 e. The Hall–Kier alpha value is -1.16. The molecule has 2 heterocycles. The first-order chi connectivity index (χ1) is 8.24. The molecule has 0 aliphatic carbocycles. The maximum Gasteiger partial charge on any atom is 0.179 e. The van der Waals surface area contributed by atoms with E-state index in [9.17, 15) is 0 Å². The molecular formula is C13H19N3S. The number of hydrogen-bond acceptors (Lipinski definition) is 2. The third kappa shape index (κ3) is 2.57. The normalized spacial score (nSPS) is 13.1. The Morgan fingerprint density at radius 3 is 3.06 bits per heavy atom. The van der Waals surface area contributed by atoms with E-state index in [-0.39, 0.29) is 0 Å². The molecule has 17 heavy (non-hydrogen) atoms. The van der Waals surface area contributed by atoms with Crippen LogP contribution in [0.3, 0.4) is 0 Å². The largest absolute Gasteiger partial charge is 0.329 e. The fourth-order valence-corrected chi connectivity index (χ4v) is 2.56. The molecule has 0 fully saturated rings. The highest BCUT2D eigenvalue weighted by Crippen LogP contribution is 2.21. The van der Waals surface area contributed by atoms with Crippen molar-refractivity contribution < 1.29 is 0 Å². The number of H-pyrrole nitrogens is 1. The molecule has 0 amide bonds. The van der Waals surface area contributed by atoms with Crippen LogP contribution < -0.4 is 0 Å². The summed E-state index contributed by atoms with van der Waals surface area (Å²) in [6, 6.07) is 4.37. The second-order valence-electron chi connectivity index (χ2n) is 4.52. The van der Waals surface area contributed by atoms with Gasteiger partial charge in [-0.1, -0.05) is 26.2 Å². The van der Waals surface area contributed by atoms with E-state index in [1.165, 1.54) is 19.3 Å². The van der Waals surface area contributed by atoms with Crippen LogP contribution >= 0.6 is 12.2 Å². The van der Waals surface area contributed by atoms with Gasteiger partial charge in [-0.15, -0.1) is 0 Å². The molecule has 0 saturated carbocycles. The monoisotopic (exact) mass is 249 g/mol. The van der Waals surface area contributed by atoms with E-state index >= 15 is 0 Å². The molecule has 0 bridgehead atoms. The maximum atomic E-state index is 5.38. The molecule has 3 nitrogen and oxygen atoms in total. The van der Waals surface area contributed by atoms with Crippen molar-refractivity contribution in [2.75, 3.05) is 0 Å². The van der Waals surface area contributed by atoms with Gasteiger partial charge in [-0.05, 0) is 37.7 Å². The van der Waals surface area contributed by atoms with Crippen molar-refractivity contribution in [2.24, 2.45) is 0 Å². The van der Waals surface area contributed by atoms with Gasteiger partial charge in [0, 0.05) is 12.2 Å². The Labute approximate surface area is 107 Å². The van der Waals surface area contributed by atoms with E-state index in [0.29, 0.717) is 6.04 Å². The van der Waals surface area contributed by atoms with E-state index in [0.717, 1.165) is 22.4 Å². The Kier molecular flexibility index (Phi) is 3.94. The summed E-state index contributed by atoms with van der Waals surface area (Å²) in [5.74, 6) is 0. The number of unbranched alkanes of at least 4 members (excludes halogenated alkanes) is 2. The lowest BCUT2D eigenvalue weighted by molar-refractivity contribution is 0.481. The Morgan fingerprint density at radius 1 is 1.47 bits per heavy atom. The van der Waals surface area contributed by atoms with Crippen LogP contribution in [-0.2, 0) is 0 Å². The standard InChI is InChI=1S/C13H19N3S/c1-3-4-5-7-10(2)16-12-11(15-13(16)17)8-6-9-14-12/h6,8-10H,3-5,7H2,1-2H3,(H,15,17). The highest BCUT2D eigenvalue weighted by molar-refractivity contribution is 7.71. The van der Waals surface area contributed by atoms with E-state index in [2.05, 4.69) is 28.4 Å². The lowest BCUT2D eigenvalue weighted by Gasteiger charge is -2.13. The van der Waals surface area contributed by atoms with Crippen molar-refractivity contribution >= 4 is 23.4 Å². The van der Waals surface area contributed by atoms with Crippen molar-refractivity contribution in [1.29, 1.82) is 0 Å². The molecule has 92 valence electrons. The third-order valence-electron chi connectivity index (χ3n) is 3.14. The highest BCUT2D eigenvalue weighted by Gasteiger charge is 2.11. The van der Waals surface area contributed by atoms with Crippen molar-refractivity contribution in [2.45, 2.75) is 45.6 Å². The van der Waals surface area contributed by atoms with Gasteiger partial charge in [0.2, 0.25) is 0 Å². The molecule has 1 atom stereocenters. The van der Waals surface area contributed by atoms with Gasteiger partial charge in [0.25, 0.3) is 0 Å². The summed E-state index contributed by atoms with van der Waals surface area (Å²) >= 11 is 5.38. The lowest BCUT2D eigenvalue weighted by atomic mass is 10.1. The second-order valence-corrected chi connectivity index (χ2v) is 4.91. The van der Waals surface area contributed by atoms with Gasteiger partial charge in [-0.2, -0.15) is 0 Å². The van der Waals surface area contributed by atoms with Crippen LogP contribution in [0.2, 0.25) is 0 Å². The molecule has 2 aromatic heterocycles. The Balaban J connectivity index is 2.28. The highest BCUT2D eigenvalue weighted by atomic mass is 32.1. The van der Waals surface area contributed by atoms with Crippen molar-refractivity contribution in [1.82, 2.24) is 14.5 Å². The van der Waals surface area contributed by atoms with Crippen LogP contribution in [0.25, 0.3) is 11.2 Å². The predicted molar refractivity (Wildman–Crippen MR) is 73.8 cm³/mol. The first kappa shape index (κ1) is 12.3. The number of imidazole rings is 1. The lowest BCUT2D eigenvalue weighted by Crippen LogP contribution is -2.05. The second kappa shape index (κ2) is 5.45. The SMILES string of the molecule is CCCCCC(C)n1c(=S)[nH]c2cccnc21. The zero-order valence-corrected chi connectivity index (χ0v) is 11.3. The Bertz CT molecular complexity index is 541. The summed E-state index contributed by atoms with van der Waals surface area (Å²) in [5.41, 5.74) is 2.00. The van der Waals surface area contributed by atoms with E-state index in [4.69, 9.17) is 12.2 Å². The smallest absolute Gasteiger partial charge is 0.179 e. The maximum absolute atomic E-state index is 5.38. The zero-order chi connectivity index (χ0) is 12.3. The third-order valence-corrected chi connectivity index (χ3v) is 3.44. The summed E-state index contributed by atoms with van der Waals surface area (Å²) in [6.07, 6.45) is 6.77. The first-order valence-electron chi connectivity index (χ1n) is 6.29. The van der Waals surface area contributed by atoms with Crippen LogP contribution in [0.1, 0.15) is 45.6 Å². The molecule has 0 aliphatic heterocycles. The molecule has 1 unspecified atom stereocenters. The van der Waals surface area contributed by atoms with Gasteiger partial charge in [0.05, 0.1) is 5.52 Å². The molecule has 0 aliphatic rings. The molecule has 0 radical (unpaired) electrons. The summed E-state index contributed by atoms with van der Waals surface area (Å²) in [5, 5.41) is 0.